The lowest BCUT2D eigenvalue weighted by Gasteiger charge is -2.47. The molecule has 1 aliphatic heterocycles. The molecule has 5 heteroatoms. The van der Waals surface area contributed by atoms with Crippen molar-refractivity contribution < 1.29 is 9.90 Å². The predicted octanol–water partition coefficient (Wildman–Crippen LogP) is 2.32. The molecule has 0 spiro atoms. The van der Waals surface area contributed by atoms with Crippen LogP contribution in [-0.2, 0) is 4.79 Å². The summed E-state index contributed by atoms with van der Waals surface area (Å²) in [6, 6.07) is 7.87. The number of nitrogens with one attached hydrogen (secondary N) is 1. The molecule has 1 aromatic rings. The van der Waals surface area contributed by atoms with Crippen molar-refractivity contribution in [2.24, 2.45) is 5.92 Å². The minimum atomic E-state index is -0.479. The molecule has 2 unspecified atom stereocenters. The summed E-state index contributed by atoms with van der Waals surface area (Å²) in [5.74, 6) is 0.348. The van der Waals surface area contributed by atoms with E-state index in [2.05, 4.69) is 10.2 Å². The van der Waals surface area contributed by atoms with Crippen molar-refractivity contribution in [2.75, 3.05) is 43.9 Å². The van der Waals surface area contributed by atoms with Gasteiger partial charge in [-0.2, -0.15) is 0 Å². The average molecular weight is 331 g/mol. The molecule has 2 fully saturated rings. The smallest absolute Gasteiger partial charge is 0.238 e. The van der Waals surface area contributed by atoms with E-state index in [4.69, 9.17) is 0 Å². The number of carbonyl (C=O) groups is 1. The maximum absolute atomic E-state index is 12.3. The van der Waals surface area contributed by atoms with Crippen molar-refractivity contribution in [1.29, 1.82) is 0 Å². The summed E-state index contributed by atoms with van der Waals surface area (Å²) in [5, 5.41) is 13.7. The van der Waals surface area contributed by atoms with Crippen LogP contribution in [0.5, 0.6) is 0 Å². The molecule has 1 heterocycles. The Hall–Kier alpha value is -1.59. The maximum atomic E-state index is 12.3. The number of rotatable bonds is 4. The normalized spacial score (nSPS) is 27.4. The van der Waals surface area contributed by atoms with Gasteiger partial charge in [0.05, 0.1) is 12.1 Å². The van der Waals surface area contributed by atoms with Crippen LogP contribution < -0.4 is 10.2 Å². The fourth-order valence-corrected chi connectivity index (χ4v) is 4.03. The Morgan fingerprint density at radius 3 is 2.75 bits per heavy atom. The molecule has 0 radical (unpaired) electrons. The molecule has 3 rings (SSSR count). The van der Waals surface area contributed by atoms with Crippen molar-refractivity contribution in [2.45, 2.75) is 37.7 Å². The summed E-state index contributed by atoms with van der Waals surface area (Å²) in [7, 11) is 3.99. The van der Waals surface area contributed by atoms with E-state index in [1.54, 1.807) is 0 Å². The summed E-state index contributed by atoms with van der Waals surface area (Å²) in [4.78, 5) is 16.5. The van der Waals surface area contributed by atoms with Crippen LogP contribution >= 0.6 is 0 Å². The zero-order valence-corrected chi connectivity index (χ0v) is 14.8. The van der Waals surface area contributed by atoms with Gasteiger partial charge in [-0.15, -0.1) is 0 Å². The Balaban J connectivity index is 1.52. The third kappa shape index (κ3) is 3.90. The van der Waals surface area contributed by atoms with Gasteiger partial charge >= 0.3 is 0 Å². The van der Waals surface area contributed by atoms with E-state index in [-0.39, 0.29) is 5.91 Å². The number of aliphatic hydroxyl groups is 1. The number of hydrogen-bond donors (Lipinski definition) is 2. The highest BCUT2D eigenvalue weighted by molar-refractivity contribution is 5.92. The van der Waals surface area contributed by atoms with Crippen LogP contribution in [-0.4, -0.2) is 55.2 Å². The molecule has 0 aromatic heterocycles. The van der Waals surface area contributed by atoms with Crippen molar-refractivity contribution in [3.8, 4) is 0 Å². The highest BCUT2D eigenvalue weighted by atomic mass is 16.3. The SMILES string of the molecule is CN(C)c1ccc(NC(=O)CN2CCC3(O)CCCCC3C2)cc1. The number of anilines is 2. The van der Waals surface area contributed by atoms with Gasteiger partial charge in [-0.3, -0.25) is 9.69 Å². The first kappa shape index (κ1) is 17.2. The Bertz CT molecular complexity index is 572. The second-order valence-electron chi connectivity index (χ2n) is 7.52. The summed E-state index contributed by atoms with van der Waals surface area (Å²) in [6.07, 6.45) is 5.14. The summed E-state index contributed by atoms with van der Waals surface area (Å²) < 4.78 is 0. The number of benzene rings is 1. The Labute approximate surface area is 144 Å². The summed E-state index contributed by atoms with van der Waals surface area (Å²) >= 11 is 0. The molecule has 24 heavy (non-hydrogen) atoms. The zero-order valence-electron chi connectivity index (χ0n) is 14.8. The van der Waals surface area contributed by atoms with Crippen LogP contribution in [0, 0.1) is 5.92 Å². The second-order valence-corrected chi connectivity index (χ2v) is 7.52. The van der Waals surface area contributed by atoms with E-state index < -0.39 is 5.60 Å². The highest BCUT2D eigenvalue weighted by Crippen LogP contribution is 2.39. The van der Waals surface area contributed by atoms with E-state index in [0.717, 1.165) is 50.1 Å². The molecule has 1 saturated heterocycles. The molecule has 0 bridgehead atoms. The Morgan fingerprint density at radius 1 is 1.29 bits per heavy atom. The molecular formula is C19H29N3O2. The molecule has 2 atom stereocenters. The first-order chi connectivity index (χ1) is 11.5. The number of nitrogens with zero attached hydrogens (tertiary/aromatic N) is 2. The van der Waals surface area contributed by atoms with Crippen LogP contribution in [0.1, 0.15) is 32.1 Å². The highest BCUT2D eigenvalue weighted by Gasteiger charge is 2.42. The van der Waals surface area contributed by atoms with E-state index in [1.165, 1.54) is 6.42 Å². The minimum Gasteiger partial charge on any atom is -0.390 e. The molecule has 1 saturated carbocycles. The van der Waals surface area contributed by atoms with Gasteiger partial charge in [-0.25, -0.2) is 0 Å². The van der Waals surface area contributed by atoms with Crippen LogP contribution in [0.3, 0.4) is 0 Å². The molecular weight excluding hydrogens is 302 g/mol. The van der Waals surface area contributed by atoms with Gasteiger partial charge in [-0.05, 0) is 43.5 Å². The fourth-order valence-electron chi connectivity index (χ4n) is 4.03. The van der Waals surface area contributed by atoms with Crippen molar-refractivity contribution in [3.05, 3.63) is 24.3 Å². The van der Waals surface area contributed by atoms with Gasteiger partial charge in [0.2, 0.25) is 5.91 Å². The number of fused-ring (bicyclic) bond motifs is 1. The van der Waals surface area contributed by atoms with E-state index in [0.29, 0.717) is 12.5 Å². The monoisotopic (exact) mass is 331 g/mol. The topological polar surface area (TPSA) is 55.8 Å². The minimum absolute atomic E-state index is 0.0221. The summed E-state index contributed by atoms with van der Waals surface area (Å²) in [6.45, 7) is 2.05. The van der Waals surface area contributed by atoms with Crippen molar-refractivity contribution in [3.63, 3.8) is 0 Å². The molecule has 1 aliphatic carbocycles. The quantitative estimate of drug-likeness (QED) is 0.889. The van der Waals surface area contributed by atoms with Gasteiger partial charge in [0.15, 0.2) is 0 Å². The lowest BCUT2D eigenvalue weighted by Crippen LogP contribution is -2.54. The van der Waals surface area contributed by atoms with E-state index >= 15 is 0 Å². The van der Waals surface area contributed by atoms with E-state index in [1.807, 2.05) is 43.3 Å². The molecule has 2 aliphatic rings. The number of hydrogen-bond acceptors (Lipinski definition) is 4. The number of carbonyl (C=O) groups excluding carboxylic acids is 1. The average Bonchev–Trinajstić information content (AvgIpc) is 2.55. The molecule has 2 N–H and O–H groups in total. The first-order valence-corrected chi connectivity index (χ1v) is 8.98. The number of amides is 1. The molecule has 1 aromatic carbocycles. The van der Waals surface area contributed by atoms with Gasteiger partial charge < -0.3 is 15.3 Å². The standard InChI is InChI=1S/C19H29N3O2/c1-21(2)17-8-6-16(7-9-17)20-18(23)14-22-12-11-19(24)10-4-3-5-15(19)13-22/h6-9,15,24H,3-5,10-14H2,1-2H3,(H,20,23). The maximum Gasteiger partial charge on any atom is 0.238 e. The molecule has 5 nitrogen and oxygen atoms in total. The lowest BCUT2D eigenvalue weighted by molar-refractivity contribution is -0.123. The Kier molecular flexibility index (Phi) is 5.11. The molecule has 132 valence electrons. The van der Waals surface area contributed by atoms with Gasteiger partial charge in [0.25, 0.3) is 0 Å². The van der Waals surface area contributed by atoms with Gasteiger partial charge in [0, 0.05) is 44.5 Å². The third-order valence-corrected chi connectivity index (χ3v) is 5.55. The largest absolute Gasteiger partial charge is 0.390 e. The molecule has 1 amide bonds. The van der Waals surface area contributed by atoms with E-state index in [9.17, 15) is 9.90 Å². The van der Waals surface area contributed by atoms with Crippen LogP contribution in [0.4, 0.5) is 11.4 Å². The van der Waals surface area contributed by atoms with Crippen molar-refractivity contribution in [1.82, 2.24) is 4.90 Å². The predicted molar refractivity (Wildman–Crippen MR) is 97.4 cm³/mol. The van der Waals surface area contributed by atoms with Gasteiger partial charge in [-0.1, -0.05) is 12.8 Å². The Morgan fingerprint density at radius 2 is 2.04 bits per heavy atom. The third-order valence-electron chi connectivity index (χ3n) is 5.55. The first-order valence-electron chi connectivity index (χ1n) is 8.98. The van der Waals surface area contributed by atoms with Crippen LogP contribution in [0.2, 0.25) is 0 Å². The number of likely N-dealkylation sites (tertiary alicyclic amines) is 1. The van der Waals surface area contributed by atoms with Gasteiger partial charge in [0.1, 0.15) is 0 Å². The number of piperidine rings is 1. The zero-order chi connectivity index (χ0) is 17.2. The summed E-state index contributed by atoms with van der Waals surface area (Å²) in [5.41, 5.74) is 1.46. The lowest BCUT2D eigenvalue weighted by atomic mass is 9.71. The van der Waals surface area contributed by atoms with Crippen LogP contribution in [0.15, 0.2) is 24.3 Å². The fraction of sp³-hybridized carbons (Fsp3) is 0.632. The van der Waals surface area contributed by atoms with Crippen molar-refractivity contribution >= 4 is 17.3 Å². The van der Waals surface area contributed by atoms with Crippen LogP contribution in [0.25, 0.3) is 0 Å². The second kappa shape index (κ2) is 7.11.